The van der Waals surface area contributed by atoms with E-state index in [1.165, 1.54) is 4.68 Å². The topological polar surface area (TPSA) is 55.6 Å². The molecule has 0 aliphatic heterocycles. The Labute approximate surface area is 134 Å². The van der Waals surface area contributed by atoms with Crippen LogP contribution in [-0.2, 0) is 6.54 Å². The second-order valence-electron chi connectivity index (χ2n) is 4.09. The van der Waals surface area contributed by atoms with Gasteiger partial charge < -0.3 is 5.32 Å². The highest BCUT2D eigenvalue weighted by molar-refractivity contribution is 14.1. The van der Waals surface area contributed by atoms with Crippen molar-refractivity contribution in [2.75, 3.05) is 11.9 Å². The minimum Gasteiger partial charge on any atom is -0.353 e. The molecule has 0 aliphatic carbocycles. The lowest BCUT2D eigenvalue weighted by Crippen LogP contribution is -2.06. The molecular formula is C13H12F2IN5. The lowest BCUT2D eigenvalue weighted by molar-refractivity contribution is 0.121. The van der Waals surface area contributed by atoms with Gasteiger partial charge >= 0.3 is 0 Å². The van der Waals surface area contributed by atoms with Gasteiger partial charge in [-0.1, -0.05) is 0 Å². The van der Waals surface area contributed by atoms with Gasteiger partial charge in [-0.2, -0.15) is 5.10 Å². The molecule has 2 aromatic rings. The van der Waals surface area contributed by atoms with Crippen LogP contribution in [0.4, 0.5) is 14.7 Å². The molecule has 2 heterocycles. The van der Waals surface area contributed by atoms with Gasteiger partial charge in [0.25, 0.3) is 6.43 Å². The normalized spacial score (nSPS) is 10.6. The third kappa shape index (κ3) is 4.35. The average molecular weight is 403 g/mol. The zero-order valence-electron chi connectivity index (χ0n) is 10.9. The van der Waals surface area contributed by atoms with Gasteiger partial charge in [0.15, 0.2) is 0 Å². The van der Waals surface area contributed by atoms with Crippen molar-refractivity contribution in [3.63, 3.8) is 0 Å². The second-order valence-corrected chi connectivity index (χ2v) is 5.11. The van der Waals surface area contributed by atoms with Crippen LogP contribution in [0.1, 0.15) is 6.42 Å². The first-order valence-corrected chi connectivity index (χ1v) is 7.20. The van der Waals surface area contributed by atoms with Gasteiger partial charge in [0.05, 0.1) is 11.3 Å². The number of hydrogen-bond donors (Lipinski definition) is 1. The molecule has 0 radical (unpaired) electrons. The van der Waals surface area contributed by atoms with E-state index in [2.05, 4.69) is 26.3 Å². The maximum atomic E-state index is 12.4. The SMILES string of the molecule is C#CCCNc1nccc(-c2cn(CC(F)F)nc2I)n1. The number of rotatable bonds is 6. The highest BCUT2D eigenvalue weighted by atomic mass is 127. The van der Waals surface area contributed by atoms with Crippen molar-refractivity contribution < 1.29 is 8.78 Å². The van der Waals surface area contributed by atoms with Gasteiger partial charge in [-0.15, -0.1) is 12.3 Å². The van der Waals surface area contributed by atoms with Crippen molar-refractivity contribution in [3.8, 4) is 23.6 Å². The van der Waals surface area contributed by atoms with Crippen LogP contribution in [-0.4, -0.2) is 32.7 Å². The van der Waals surface area contributed by atoms with Crippen molar-refractivity contribution in [1.82, 2.24) is 19.7 Å². The first-order valence-electron chi connectivity index (χ1n) is 6.12. The maximum Gasteiger partial charge on any atom is 0.257 e. The summed E-state index contributed by atoms with van der Waals surface area (Å²) in [5.74, 6) is 2.96. The molecule has 5 nitrogen and oxygen atoms in total. The van der Waals surface area contributed by atoms with Crippen LogP contribution in [0.25, 0.3) is 11.3 Å². The van der Waals surface area contributed by atoms with Gasteiger partial charge in [-0.25, -0.2) is 18.7 Å². The molecular weight excluding hydrogens is 391 g/mol. The van der Waals surface area contributed by atoms with Gasteiger partial charge in [0.2, 0.25) is 5.95 Å². The third-order valence-corrected chi connectivity index (χ3v) is 3.32. The van der Waals surface area contributed by atoms with Gasteiger partial charge in [-0.3, -0.25) is 4.68 Å². The number of halogens is 3. The number of alkyl halides is 2. The van der Waals surface area contributed by atoms with E-state index in [0.717, 1.165) is 0 Å². The highest BCUT2D eigenvalue weighted by Crippen LogP contribution is 2.23. The number of nitrogens with one attached hydrogen (secondary N) is 1. The minimum atomic E-state index is -2.44. The first-order chi connectivity index (χ1) is 10.1. The van der Waals surface area contributed by atoms with E-state index >= 15 is 0 Å². The maximum absolute atomic E-state index is 12.4. The summed E-state index contributed by atoms with van der Waals surface area (Å²) >= 11 is 1.99. The van der Waals surface area contributed by atoms with Crippen LogP contribution in [0.5, 0.6) is 0 Å². The predicted molar refractivity (Wildman–Crippen MR) is 83.9 cm³/mol. The van der Waals surface area contributed by atoms with Crippen molar-refractivity contribution in [2.24, 2.45) is 0 Å². The molecule has 1 N–H and O–H groups in total. The molecule has 0 saturated heterocycles. The highest BCUT2D eigenvalue weighted by Gasteiger charge is 2.13. The van der Waals surface area contributed by atoms with E-state index < -0.39 is 13.0 Å². The van der Waals surface area contributed by atoms with E-state index in [4.69, 9.17) is 6.42 Å². The largest absolute Gasteiger partial charge is 0.353 e. The zero-order chi connectivity index (χ0) is 15.2. The summed E-state index contributed by atoms with van der Waals surface area (Å²) in [5.41, 5.74) is 1.32. The van der Waals surface area contributed by atoms with Crippen molar-refractivity contribution in [1.29, 1.82) is 0 Å². The van der Waals surface area contributed by atoms with Crippen LogP contribution in [0, 0.1) is 16.0 Å². The Kier molecular flexibility index (Phi) is 5.44. The van der Waals surface area contributed by atoms with Crippen LogP contribution >= 0.6 is 22.6 Å². The molecule has 0 spiro atoms. The van der Waals surface area contributed by atoms with Gasteiger partial charge in [-0.05, 0) is 28.7 Å². The average Bonchev–Trinajstić information content (AvgIpc) is 2.79. The molecule has 21 heavy (non-hydrogen) atoms. The monoisotopic (exact) mass is 403 g/mol. The van der Waals surface area contributed by atoms with Crippen molar-refractivity contribution >= 4 is 28.5 Å². The quantitative estimate of drug-likeness (QED) is 0.458. The molecule has 110 valence electrons. The lowest BCUT2D eigenvalue weighted by atomic mass is 10.2. The fourth-order valence-electron chi connectivity index (χ4n) is 1.64. The predicted octanol–water partition coefficient (Wildman–Crippen LogP) is 2.65. The van der Waals surface area contributed by atoms with E-state index in [1.54, 1.807) is 18.5 Å². The van der Waals surface area contributed by atoms with E-state index in [9.17, 15) is 8.78 Å². The Bertz CT molecular complexity index is 650. The molecule has 8 heteroatoms. The molecule has 0 aliphatic rings. The third-order valence-electron chi connectivity index (χ3n) is 2.53. The fourth-order valence-corrected chi connectivity index (χ4v) is 2.34. The molecule has 2 aromatic heterocycles. The summed E-state index contributed by atoms with van der Waals surface area (Å²) in [6.07, 6.45) is 6.45. The molecule has 0 aromatic carbocycles. The number of nitrogens with zero attached hydrogens (tertiary/aromatic N) is 4. The molecule has 0 atom stereocenters. The van der Waals surface area contributed by atoms with Crippen LogP contribution in [0.3, 0.4) is 0 Å². The fraction of sp³-hybridized carbons (Fsp3) is 0.308. The molecule has 0 fully saturated rings. The summed E-state index contributed by atoms with van der Waals surface area (Å²) in [6, 6.07) is 1.71. The van der Waals surface area contributed by atoms with Gasteiger partial charge in [0, 0.05) is 25.4 Å². The number of aromatic nitrogens is 4. The number of hydrogen-bond acceptors (Lipinski definition) is 4. The second kappa shape index (κ2) is 7.31. The Morgan fingerprint density at radius 2 is 2.29 bits per heavy atom. The van der Waals surface area contributed by atoms with Gasteiger partial charge in [0.1, 0.15) is 10.2 Å². The molecule has 0 saturated carbocycles. The molecule has 0 unspecified atom stereocenters. The van der Waals surface area contributed by atoms with E-state index in [-0.39, 0.29) is 0 Å². The summed E-state index contributed by atoms with van der Waals surface area (Å²) in [5, 5.41) is 7.05. The number of anilines is 1. The van der Waals surface area contributed by atoms with E-state index in [1.807, 2.05) is 22.6 Å². The number of terminal acetylenes is 1. The Hall–Kier alpha value is -1.76. The first kappa shape index (κ1) is 15.6. The molecule has 2 rings (SSSR count). The summed E-state index contributed by atoms with van der Waals surface area (Å²) in [6.45, 7) is 0.135. The van der Waals surface area contributed by atoms with Crippen LogP contribution in [0.2, 0.25) is 0 Å². The van der Waals surface area contributed by atoms with Crippen molar-refractivity contribution in [3.05, 3.63) is 22.2 Å². The summed E-state index contributed by atoms with van der Waals surface area (Å²) in [7, 11) is 0. The standard InChI is InChI=1S/C13H12F2IN5/c1-2-3-5-17-13-18-6-4-10(19-13)9-7-21(8-11(14)15)20-12(9)16/h1,4,6-7,11H,3,5,8H2,(H,17,18,19). The van der Waals surface area contributed by atoms with Crippen LogP contribution < -0.4 is 5.32 Å². The minimum absolute atomic E-state index is 0.436. The van der Waals surface area contributed by atoms with E-state index in [0.29, 0.717) is 33.9 Å². The lowest BCUT2D eigenvalue weighted by Gasteiger charge is -2.04. The summed E-state index contributed by atoms with van der Waals surface area (Å²) < 4.78 is 26.6. The Balaban J connectivity index is 2.19. The molecule has 0 amide bonds. The Morgan fingerprint density at radius 1 is 1.48 bits per heavy atom. The Morgan fingerprint density at radius 3 is 3.00 bits per heavy atom. The summed E-state index contributed by atoms with van der Waals surface area (Å²) in [4.78, 5) is 8.41. The molecule has 0 bridgehead atoms. The van der Waals surface area contributed by atoms with Crippen LogP contribution in [0.15, 0.2) is 18.5 Å². The zero-order valence-corrected chi connectivity index (χ0v) is 13.1. The smallest absolute Gasteiger partial charge is 0.257 e. The van der Waals surface area contributed by atoms with Crippen molar-refractivity contribution in [2.45, 2.75) is 19.4 Å².